The van der Waals surface area contributed by atoms with Gasteiger partial charge in [-0.3, -0.25) is 0 Å². The summed E-state index contributed by atoms with van der Waals surface area (Å²) < 4.78 is 59.4. The Labute approximate surface area is 269 Å². The second kappa shape index (κ2) is 29.3. The lowest BCUT2D eigenvalue weighted by atomic mass is 10.1. The van der Waals surface area contributed by atoms with Crippen LogP contribution in [0.15, 0.2) is 24.3 Å². The quantitative estimate of drug-likeness (QED) is 0.119. The monoisotopic (exact) mass is 647 g/mol. The Balaban J connectivity index is 1.77. The number of carbonyl (C=O) groups excluding carboxylic acids is 1. The highest BCUT2D eigenvalue weighted by atomic mass is 16.6. The molecule has 13 nitrogen and oxygen atoms in total. The summed E-state index contributed by atoms with van der Waals surface area (Å²) in [7, 11) is 1.64. The van der Waals surface area contributed by atoms with Crippen molar-refractivity contribution in [3.8, 4) is 5.75 Å². The van der Waals surface area contributed by atoms with Gasteiger partial charge < -0.3 is 57.4 Å². The Bertz CT molecular complexity index is 791. The van der Waals surface area contributed by atoms with Gasteiger partial charge in [0.2, 0.25) is 0 Å². The fraction of sp³-hybridized carbons (Fsp3) is 0.781. The zero-order valence-corrected chi connectivity index (χ0v) is 27.9. The second-order valence-corrected chi connectivity index (χ2v) is 10.6. The molecule has 0 radical (unpaired) electrons. The molecule has 0 saturated heterocycles. The number of benzene rings is 1. The van der Waals surface area contributed by atoms with Crippen LogP contribution in [0, 0.1) is 0 Å². The molecule has 262 valence electrons. The normalized spacial score (nSPS) is 11.6. The van der Waals surface area contributed by atoms with Crippen molar-refractivity contribution in [2.45, 2.75) is 32.8 Å². The number of hydrogen-bond acceptors (Lipinski definition) is 12. The first kappa shape index (κ1) is 41.0. The summed E-state index contributed by atoms with van der Waals surface area (Å²) in [6, 6.07) is 7.77. The van der Waals surface area contributed by atoms with E-state index in [0.29, 0.717) is 132 Å². The van der Waals surface area contributed by atoms with E-state index in [9.17, 15) is 4.79 Å². The number of nitrogens with one attached hydrogen (secondary N) is 1. The topological polar surface area (TPSA) is 131 Å². The van der Waals surface area contributed by atoms with Crippen LogP contribution in [0.2, 0.25) is 0 Å². The summed E-state index contributed by atoms with van der Waals surface area (Å²) >= 11 is 0. The lowest BCUT2D eigenvalue weighted by Crippen LogP contribution is -2.33. The average molecular weight is 648 g/mol. The predicted molar refractivity (Wildman–Crippen MR) is 168 cm³/mol. The lowest BCUT2D eigenvalue weighted by Gasteiger charge is -2.19. The summed E-state index contributed by atoms with van der Waals surface area (Å²) in [6.07, 6.45) is 0.300. The standard InChI is InChI=1S/C32H57NO12/c1-32(2,3)45-31(34)33-10-9-29-5-7-30(8-6-29)44-28-27-43-26-25-42-24-23-41-22-21-40-20-19-39-18-17-38-16-15-37-14-13-36-12-11-35-4/h5-8H,9-28H2,1-4H3,(H,33,34). The maximum atomic E-state index is 11.7. The third-order valence-electron chi connectivity index (χ3n) is 5.54. The van der Waals surface area contributed by atoms with Crippen LogP contribution in [-0.4, -0.2) is 144 Å². The first-order chi connectivity index (χ1) is 21.9. The van der Waals surface area contributed by atoms with Gasteiger partial charge in [0, 0.05) is 13.7 Å². The van der Waals surface area contributed by atoms with Gasteiger partial charge in [0.15, 0.2) is 0 Å². The van der Waals surface area contributed by atoms with E-state index < -0.39 is 11.7 Å². The van der Waals surface area contributed by atoms with E-state index in [2.05, 4.69) is 5.32 Å². The number of rotatable bonds is 31. The number of hydrogen-bond donors (Lipinski definition) is 1. The van der Waals surface area contributed by atoms with Crippen molar-refractivity contribution in [1.82, 2.24) is 5.32 Å². The Hall–Kier alpha value is -2.07. The van der Waals surface area contributed by atoms with Crippen molar-refractivity contribution in [3.63, 3.8) is 0 Å². The third-order valence-corrected chi connectivity index (χ3v) is 5.54. The van der Waals surface area contributed by atoms with Crippen molar-refractivity contribution in [3.05, 3.63) is 29.8 Å². The number of methoxy groups -OCH3 is 1. The van der Waals surface area contributed by atoms with Crippen LogP contribution >= 0.6 is 0 Å². The molecule has 0 aliphatic rings. The maximum Gasteiger partial charge on any atom is 0.407 e. The Morgan fingerprint density at radius 2 is 0.911 bits per heavy atom. The minimum Gasteiger partial charge on any atom is -0.491 e. The molecule has 1 rings (SSSR count). The van der Waals surface area contributed by atoms with Crippen LogP contribution in [0.1, 0.15) is 26.3 Å². The number of amides is 1. The van der Waals surface area contributed by atoms with Crippen LogP contribution in [0.25, 0.3) is 0 Å². The van der Waals surface area contributed by atoms with E-state index in [1.54, 1.807) is 7.11 Å². The molecule has 0 unspecified atom stereocenters. The smallest absolute Gasteiger partial charge is 0.407 e. The summed E-state index contributed by atoms with van der Waals surface area (Å²) in [5, 5.41) is 2.76. The van der Waals surface area contributed by atoms with Gasteiger partial charge in [-0.05, 0) is 44.9 Å². The Kier molecular flexibility index (Phi) is 26.7. The van der Waals surface area contributed by atoms with E-state index in [0.717, 1.165) is 11.3 Å². The van der Waals surface area contributed by atoms with E-state index in [-0.39, 0.29) is 0 Å². The van der Waals surface area contributed by atoms with Gasteiger partial charge in [0.05, 0.1) is 112 Å². The molecule has 1 amide bonds. The fourth-order valence-electron chi connectivity index (χ4n) is 3.38. The molecule has 0 bridgehead atoms. The van der Waals surface area contributed by atoms with Gasteiger partial charge in [-0.15, -0.1) is 0 Å². The van der Waals surface area contributed by atoms with Crippen LogP contribution in [0.4, 0.5) is 4.79 Å². The third kappa shape index (κ3) is 29.1. The molecule has 0 fully saturated rings. The van der Waals surface area contributed by atoms with Crippen molar-refractivity contribution in [2.24, 2.45) is 0 Å². The van der Waals surface area contributed by atoms with Crippen LogP contribution in [0.3, 0.4) is 0 Å². The molecule has 1 aromatic rings. The molecule has 13 heteroatoms. The molecule has 0 heterocycles. The second-order valence-electron chi connectivity index (χ2n) is 10.6. The van der Waals surface area contributed by atoms with Crippen molar-refractivity contribution in [1.29, 1.82) is 0 Å². The van der Waals surface area contributed by atoms with Crippen molar-refractivity contribution < 1.29 is 56.9 Å². The van der Waals surface area contributed by atoms with Crippen molar-refractivity contribution >= 4 is 6.09 Å². The molecular weight excluding hydrogens is 590 g/mol. The first-order valence-electron chi connectivity index (χ1n) is 15.7. The molecule has 0 saturated carbocycles. The zero-order valence-electron chi connectivity index (χ0n) is 27.9. The lowest BCUT2D eigenvalue weighted by molar-refractivity contribution is -0.0247. The van der Waals surface area contributed by atoms with Crippen LogP contribution < -0.4 is 10.1 Å². The first-order valence-corrected chi connectivity index (χ1v) is 15.7. The minimum atomic E-state index is -0.501. The SMILES string of the molecule is COCCOCCOCCOCCOCCOCCOCCOCCOCCOc1ccc(CCNC(=O)OC(C)(C)C)cc1. The molecule has 1 N–H and O–H groups in total. The fourth-order valence-corrected chi connectivity index (χ4v) is 3.38. The molecular formula is C32H57NO12. The Morgan fingerprint density at radius 3 is 1.27 bits per heavy atom. The highest BCUT2D eigenvalue weighted by Crippen LogP contribution is 2.12. The van der Waals surface area contributed by atoms with E-state index >= 15 is 0 Å². The molecule has 0 aliphatic carbocycles. The minimum absolute atomic E-state index is 0.408. The summed E-state index contributed by atoms with van der Waals surface area (Å²) in [5.74, 6) is 0.770. The van der Waals surface area contributed by atoms with Gasteiger partial charge in [-0.2, -0.15) is 0 Å². The van der Waals surface area contributed by atoms with Gasteiger partial charge in [-0.25, -0.2) is 4.79 Å². The van der Waals surface area contributed by atoms with Crippen molar-refractivity contribution in [2.75, 3.05) is 133 Å². The molecule has 0 aliphatic heterocycles. The number of ether oxygens (including phenoxy) is 11. The summed E-state index contributed by atoms with van der Waals surface area (Å²) in [5.41, 5.74) is 0.597. The molecule has 0 aromatic heterocycles. The average Bonchev–Trinajstić information content (AvgIpc) is 3.00. The van der Waals surface area contributed by atoms with Gasteiger partial charge in [0.1, 0.15) is 18.0 Å². The predicted octanol–water partition coefficient (Wildman–Crippen LogP) is 2.91. The number of carbonyl (C=O) groups is 1. The van der Waals surface area contributed by atoms with Gasteiger partial charge in [-0.1, -0.05) is 12.1 Å². The van der Waals surface area contributed by atoms with Gasteiger partial charge in [0.25, 0.3) is 0 Å². The highest BCUT2D eigenvalue weighted by molar-refractivity contribution is 5.67. The largest absolute Gasteiger partial charge is 0.491 e. The summed E-state index contributed by atoms with van der Waals surface area (Å²) in [6.45, 7) is 15.3. The van der Waals surface area contributed by atoms with Crippen LogP contribution in [-0.2, 0) is 53.8 Å². The molecule has 45 heavy (non-hydrogen) atoms. The number of alkyl carbamates (subject to hydrolysis) is 1. The molecule has 0 atom stereocenters. The molecule has 0 spiro atoms. The summed E-state index contributed by atoms with van der Waals surface area (Å²) in [4.78, 5) is 11.7. The highest BCUT2D eigenvalue weighted by Gasteiger charge is 2.15. The van der Waals surface area contributed by atoms with E-state index in [4.69, 9.17) is 52.1 Å². The van der Waals surface area contributed by atoms with E-state index in [1.165, 1.54) is 0 Å². The molecule has 1 aromatic carbocycles. The zero-order chi connectivity index (χ0) is 32.7. The van der Waals surface area contributed by atoms with E-state index in [1.807, 2.05) is 45.0 Å². The van der Waals surface area contributed by atoms with Gasteiger partial charge >= 0.3 is 6.09 Å². The van der Waals surface area contributed by atoms with Crippen LogP contribution in [0.5, 0.6) is 5.75 Å². The maximum absolute atomic E-state index is 11.7. The Morgan fingerprint density at radius 1 is 0.556 bits per heavy atom.